The van der Waals surface area contributed by atoms with E-state index in [0.717, 1.165) is 4.31 Å². The number of nitrogens with one attached hydrogen (secondary N) is 2. The molecule has 0 saturated carbocycles. The Kier molecular flexibility index (Phi) is 7.98. The van der Waals surface area contributed by atoms with Crippen molar-refractivity contribution in [3.05, 3.63) is 113 Å². The van der Waals surface area contributed by atoms with Gasteiger partial charge in [0.25, 0.3) is 26.0 Å². The van der Waals surface area contributed by atoms with Gasteiger partial charge in [-0.2, -0.15) is 0 Å². The Bertz CT molecular complexity index is 1700. The van der Waals surface area contributed by atoms with Gasteiger partial charge >= 0.3 is 0 Å². The minimum atomic E-state index is -3.97. The zero-order valence-electron chi connectivity index (χ0n) is 19.8. The molecule has 4 rings (SSSR count). The van der Waals surface area contributed by atoms with Crippen LogP contribution in [0.5, 0.6) is 0 Å². The molecule has 0 unspecified atom stereocenters. The van der Waals surface area contributed by atoms with Gasteiger partial charge < -0.3 is 5.32 Å². The minimum Gasteiger partial charge on any atom is -0.322 e. The zero-order valence-corrected chi connectivity index (χ0v) is 22.9. The molecule has 4 aromatic carbocycles. The van der Waals surface area contributed by atoms with Crippen LogP contribution in [0.15, 0.2) is 107 Å². The van der Waals surface area contributed by atoms with Crippen LogP contribution in [0.4, 0.5) is 17.1 Å². The number of carbonyl (C=O) groups excluding carboxylic acids is 1. The van der Waals surface area contributed by atoms with Crippen molar-refractivity contribution in [1.82, 2.24) is 0 Å². The summed E-state index contributed by atoms with van der Waals surface area (Å²) in [6.45, 7) is 0. The maximum atomic E-state index is 13.1. The Balaban J connectivity index is 1.53. The number of hydrogen-bond acceptors (Lipinski definition) is 5. The fraction of sp³-hybridized carbons (Fsp3) is 0.0385. The van der Waals surface area contributed by atoms with Crippen LogP contribution in [0.3, 0.4) is 0 Å². The third-order valence-corrected chi connectivity index (χ3v) is 9.20. The summed E-state index contributed by atoms with van der Waals surface area (Å²) in [7, 11) is -6.51. The number of para-hydroxylation sites is 1. The molecule has 0 aromatic heterocycles. The molecule has 0 radical (unpaired) electrons. The van der Waals surface area contributed by atoms with Crippen LogP contribution < -0.4 is 14.3 Å². The lowest BCUT2D eigenvalue weighted by Gasteiger charge is -2.22. The van der Waals surface area contributed by atoms with E-state index in [9.17, 15) is 21.6 Å². The Morgan fingerprint density at radius 2 is 1.39 bits per heavy atom. The number of hydrogen-bond donors (Lipinski definition) is 2. The van der Waals surface area contributed by atoms with Gasteiger partial charge in [-0.15, -0.1) is 0 Å². The molecule has 4 aromatic rings. The van der Waals surface area contributed by atoms with Crippen molar-refractivity contribution in [2.24, 2.45) is 0 Å². The molecule has 0 aliphatic heterocycles. The van der Waals surface area contributed by atoms with Gasteiger partial charge in [0.05, 0.1) is 31.8 Å². The molecule has 1 amide bonds. The summed E-state index contributed by atoms with van der Waals surface area (Å²) in [6.07, 6.45) is 0. The van der Waals surface area contributed by atoms with E-state index in [1.165, 1.54) is 73.8 Å². The number of sulfonamides is 2. The van der Waals surface area contributed by atoms with E-state index >= 15 is 0 Å². The first-order chi connectivity index (χ1) is 18.0. The third-order valence-electron chi connectivity index (χ3n) is 5.49. The molecular formula is C26H21Cl2N3O5S2. The average Bonchev–Trinajstić information content (AvgIpc) is 2.90. The van der Waals surface area contributed by atoms with Gasteiger partial charge in [-0.05, 0) is 66.7 Å². The second-order valence-corrected chi connectivity index (χ2v) is 12.5. The molecular weight excluding hydrogens is 569 g/mol. The minimum absolute atomic E-state index is 0.0596. The highest BCUT2D eigenvalue weighted by Crippen LogP contribution is 2.29. The van der Waals surface area contributed by atoms with Crippen molar-refractivity contribution in [2.45, 2.75) is 9.79 Å². The number of nitrogens with zero attached hydrogens (tertiary/aromatic N) is 1. The second-order valence-electron chi connectivity index (χ2n) is 8.01. The van der Waals surface area contributed by atoms with E-state index in [4.69, 9.17) is 23.2 Å². The standard InChI is InChI=1S/C26H21Cl2N3O5S2/c1-31(38(35,36)21-7-3-2-4-8-21)25-10-6-5-9-22(25)26(32)29-19-12-14-20(15-13-19)37(33,34)30-24-16-11-18(27)17-23(24)28/h2-17,30H,1H3,(H,29,32). The lowest BCUT2D eigenvalue weighted by Crippen LogP contribution is -2.29. The highest BCUT2D eigenvalue weighted by molar-refractivity contribution is 7.93. The molecule has 0 fully saturated rings. The van der Waals surface area contributed by atoms with Crippen LogP contribution in [0.1, 0.15) is 10.4 Å². The Hall–Kier alpha value is -3.57. The smallest absolute Gasteiger partial charge is 0.264 e. The lowest BCUT2D eigenvalue weighted by molar-refractivity contribution is 0.102. The molecule has 0 bridgehead atoms. The predicted molar refractivity (Wildman–Crippen MR) is 150 cm³/mol. The lowest BCUT2D eigenvalue weighted by atomic mass is 10.1. The monoisotopic (exact) mass is 589 g/mol. The van der Waals surface area contributed by atoms with Crippen LogP contribution in [0.2, 0.25) is 10.0 Å². The number of halogens is 2. The summed E-state index contributed by atoms with van der Waals surface area (Å²) < 4.78 is 55.1. The van der Waals surface area contributed by atoms with E-state index in [2.05, 4.69) is 10.0 Å². The second kappa shape index (κ2) is 11.0. The molecule has 0 saturated heterocycles. The summed E-state index contributed by atoms with van der Waals surface area (Å²) >= 11 is 11.9. The van der Waals surface area contributed by atoms with Crippen LogP contribution in [0.25, 0.3) is 0 Å². The number of amides is 1. The SMILES string of the molecule is CN(c1ccccc1C(=O)Nc1ccc(S(=O)(=O)Nc2ccc(Cl)cc2Cl)cc1)S(=O)(=O)c1ccccc1. The molecule has 2 N–H and O–H groups in total. The summed E-state index contributed by atoms with van der Waals surface area (Å²) in [5.41, 5.74) is 0.767. The van der Waals surface area contributed by atoms with Crippen molar-refractivity contribution in [3.63, 3.8) is 0 Å². The molecule has 0 heterocycles. The molecule has 8 nitrogen and oxygen atoms in total. The van der Waals surface area contributed by atoms with Gasteiger partial charge in [0.2, 0.25) is 0 Å². The molecule has 196 valence electrons. The van der Waals surface area contributed by atoms with Crippen LogP contribution >= 0.6 is 23.2 Å². The van der Waals surface area contributed by atoms with E-state index in [0.29, 0.717) is 10.7 Å². The number of benzene rings is 4. The van der Waals surface area contributed by atoms with Crippen LogP contribution in [-0.4, -0.2) is 29.8 Å². The number of rotatable bonds is 8. The topological polar surface area (TPSA) is 113 Å². The third kappa shape index (κ3) is 5.94. The normalized spacial score (nSPS) is 11.6. The summed E-state index contributed by atoms with van der Waals surface area (Å²) in [6, 6.07) is 24.0. The van der Waals surface area contributed by atoms with Gasteiger partial charge in [-0.3, -0.25) is 13.8 Å². The molecule has 0 spiro atoms. The Morgan fingerprint density at radius 3 is 2.05 bits per heavy atom. The average molecular weight is 591 g/mol. The van der Waals surface area contributed by atoms with Crippen LogP contribution in [0, 0.1) is 0 Å². The first-order valence-electron chi connectivity index (χ1n) is 11.0. The maximum absolute atomic E-state index is 13.1. The quantitative estimate of drug-likeness (QED) is 0.267. The van der Waals surface area contributed by atoms with Gasteiger partial charge in [0.15, 0.2) is 0 Å². The largest absolute Gasteiger partial charge is 0.322 e. The van der Waals surface area contributed by atoms with Crippen LogP contribution in [-0.2, 0) is 20.0 Å². The maximum Gasteiger partial charge on any atom is 0.264 e. The fourth-order valence-electron chi connectivity index (χ4n) is 3.51. The van der Waals surface area contributed by atoms with Crippen molar-refractivity contribution < 1.29 is 21.6 Å². The summed E-state index contributed by atoms with van der Waals surface area (Å²) in [4.78, 5) is 13.1. The van der Waals surface area contributed by atoms with Gasteiger partial charge in [-0.1, -0.05) is 53.5 Å². The van der Waals surface area contributed by atoms with Gasteiger partial charge in [0, 0.05) is 17.8 Å². The fourth-order valence-corrected chi connectivity index (χ4v) is 6.34. The summed E-state index contributed by atoms with van der Waals surface area (Å²) in [5, 5.41) is 3.18. The van der Waals surface area contributed by atoms with Crippen molar-refractivity contribution in [1.29, 1.82) is 0 Å². The molecule has 0 aliphatic rings. The number of carbonyl (C=O) groups is 1. The first-order valence-corrected chi connectivity index (χ1v) is 14.7. The Labute approximate surface area is 230 Å². The van der Waals surface area contributed by atoms with E-state index in [1.807, 2.05) is 0 Å². The number of anilines is 3. The molecule has 12 heteroatoms. The highest BCUT2D eigenvalue weighted by atomic mass is 35.5. The van der Waals surface area contributed by atoms with E-state index in [-0.39, 0.29) is 31.8 Å². The first kappa shape index (κ1) is 27.5. The molecule has 0 aliphatic carbocycles. The van der Waals surface area contributed by atoms with Gasteiger partial charge in [0.1, 0.15) is 0 Å². The van der Waals surface area contributed by atoms with Crippen molar-refractivity contribution in [2.75, 3.05) is 21.4 Å². The summed E-state index contributed by atoms with van der Waals surface area (Å²) in [5.74, 6) is -0.572. The van der Waals surface area contributed by atoms with Crippen molar-refractivity contribution >= 4 is 66.2 Å². The van der Waals surface area contributed by atoms with Gasteiger partial charge in [-0.25, -0.2) is 16.8 Å². The Morgan fingerprint density at radius 1 is 0.763 bits per heavy atom. The van der Waals surface area contributed by atoms with E-state index < -0.39 is 26.0 Å². The highest BCUT2D eigenvalue weighted by Gasteiger charge is 2.25. The van der Waals surface area contributed by atoms with Crippen molar-refractivity contribution in [3.8, 4) is 0 Å². The molecule has 38 heavy (non-hydrogen) atoms. The zero-order chi connectivity index (χ0) is 27.5. The predicted octanol–water partition coefficient (Wildman–Crippen LogP) is 5.87. The van der Waals surface area contributed by atoms with E-state index in [1.54, 1.807) is 30.3 Å². The molecule has 0 atom stereocenters.